The number of rotatable bonds is 3. The van der Waals surface area contributed by atoms with Gasteiger partial charge in [-0.2, -0.15) is 5.10 Å². The monoisotopic (exact) mass is 338 g/mol. The summed E-state index contributed by atoms with van der Waals surface area (Å²) in [5, 5.41) is 8.92. The number of hydrogen-bond acceptors (Lipinski definition) is 6. The molecule has 0 aliphatic carbocycles. The first-order valence-electron chi connectivity index (χ1n) is 8.38. The van der Waals surface area contributed by atoms with Crippen LogP contribution in [0.3, 0.4) is 0 Å². The molecule has 1 aliphatic heterocycles. The number of piperidine rings is 1. The van der Waals surface area contributed by atoms with Crippen LogP contribution in [0, 0.1) is 5.82 Å². The Balaban J connectivity index is 1.62. The van der Waals surface area contributed by atoms with Gasteiger partial charge >= 0.3 is 0 Å². The Bertz CT molecular complexity index is 872. The van der Waals surface area contributed by atoms with E-state index in [1.54, 1.807) is 12.3 Å². The van der Waals surface area contributed by atoms with E-state index in [2.05, 4.69) is 30.0 Å². The highest BCUT2D eigenvalue weighted by molar-refractivity contribution is 5.89. The molecule has 0 N–H and O–H groups in total. The van der Waals surface area contributed by atoms with Crippen molar-refractivity contribution in [3.05, 3.63) is 48.7 Å². The lowest BCUT2D eigenvalue weighted by Crippen LogP contribution is -2.47. The average Bonchev–Trinajstić information content (AvgIpc) is 2.68. The minimum absolute atomic E-state index is 0.261. The summed E-state index contributed by atoms with van der Waals surface area (Å²) < 4.78 is 13.7. The Morgan fingerprint density at radius 3 is 3.00 bits per heavy atom. The Labute approximate surface area is 145 Å². The number of benzene rings is 1. The number of anilines is 2. The van der Waals surface area contributed by atoms with Gasteiger partial charge in [-0.15, -0.1) is 5.10 Å². The van der Waals surface area contributed by atoms with Crippen LogP contribution in [0.1, 0.15) is 12.8 Å². The Kier molecular flexibility index (Phi) is 4.13. The molecule has 0 amide bonds. The normalized spacial score (nSPS) is 17.7. The lowest BCUT2D eigenvalue weighted by Gasteiger charge is -2.38. The molecule has 0 bridgehead atoms. The number of likely N-dealkylation sites (N-methyl/N-ethyl adjacent to an activating group) is 1. The highest BCUT2D eigenvalue weighted by Crippen LogP contribution is 2.27. The highest BCUT2D eigenvalue weighted by atomic mass is 19.1. The van der Waals surface area contributed by atoms with Gasteiger partial charge in [0.2, 0.25) is 0 Å². The molecule has 1 fully saturated rings. The zero-order chi connectivity index (χ0) is 17.2. The van der Waals surface area contributed by atoms with E-state index in [4.69, 9.17) is 0 Å². The highest BCUT2D eigenvalue weighted by Gasteiger charge is 2.26. The van der Waals surface area contributed by atoms with Crippen molar-refractivity contribution in [2.45, 2.75) is 18.9 Å². The molecule has 1 aliphatic rings. The van der Waals surface area contributed by atoms with Gasteiger partial charge in [-0.1, -0.05) is 0 Å². The first-order valence-corrected chi connectivity index (χ1v) is 8.38. The molecule has 0 saturated carbocycles. The first kappa shape index (κ1) is 15.7. The van der Waals surface area contributed by atoms with Gasteiger partial charge in [-0.25, -0.2) is 14.4 Å². The van der Waals surface area contributed by atoms with Crippen LogP contribution in [0.2, 0.25) is 0 Å². The van der Waals surface area contributed by atoms with E-state index >= 15 is 0 Å². The molecule has 1 saturated heterocycles. The summed E-state index contributed by atoms with van der Waals surface area (Å²) in [6.07, 6.45) is 5.32. The molecule has 25 heavy (non-hydrogen) atoms. The second kappa shape index (κ2) is 6.58. The number of fused-ring (bicyclic) bond motifs is 1. The molecular formula is C18H19FN6. The summed E-state index contributed by atoms with van der Waals surface area (Å²) in [6, 6.07) is 8.76. The van der Waals surface area contributed by atoms with Crippen molar-refractivity contribution in [3.63, 3.8) is 0 Å². The van der Waals surface area contributed by atoms with E-state index in [0.717, 1.165) is 48.5 Å². The second-order valence-corrected chi connectivity index (χ2v) is 6.29. The molecule has 3 aromatic rings. The molecule has 7 heteroatoms. The van der Waals surface area contributed by atoms with E-state index in [0.29, 0.717) is 0 Å². The summed E-state index contributed by atoms with van der Waals surface area (Å²) >= 11 is 0. The van der Waals surface area contributed by atoms with Gasteiger partial charge in [0.25, 0.3) is 0 Å². The standard InChI is InChI=1S/C18H19FN6/c1-24(18-15-10-13(19)6-7-16(15)20-12-21-18)14-4-3-9-25(11-14)17-5-2-8-22-23-17/h2,5-8,10,12,14H,3-4,9,11H2,1H3. The smallest absolute Gasteiger partial charge is 0.151 e. The molecule has 1 unspecified atom stereocenters. The zero-order valence-corrected chi connectivity index (χ0v) is 14.0. The number of aromatic nitrogens is 4. The molecule has 4 rings (SSSR count). The minimum atomic E-state index is -0.276. The van der Waals surface area contributed by atoms with E-state index in [1.807, 2.05) is 19.2 Å². The van der Waals surface area contributed by atoms with Crippen molar-refractivity contribution in [2.24, 2.45) is 0 Å². The summed E-state index contributed by atoms with van der Waals surface area (Å²) in [4.78, 5) is 13.0. The topological polar surface area (TPSA) is 58.0 Å². The van der Waals surface area contributed by atoms with Gasteiger partial charge in [0.1, 0.15) is 18.0 Å². The van der Waals surface area contributed by atoms with E-state index in [9.17, 15) is 4.39 Å². The third kappa shape index (κ3) is 3.09. The minimum Gasteiger partial charge on any atom is -0.354 e. The van der Waals surface area contributed by atoms with Gasteiger partial charge in [0, 0.05) is 37.8 Å². The zero-order valence-electron chi connectivity index (χ0n) is 14.0. The Hall–Kier alpha value is -2.83. The Morgan fingerprint density at radius 2 is 2.16 bits per heavy atom. The number of hydrogen-bond donors (Lipinski definition) is 0. The fraction of sp³-hybridized carbons (Fsp3) is 0.333. The molecule has 2 aromatic heterocycles. The molecule has 128 valence electrons. The van der Waals surface area contributed by atoms with Crippen LogP contribution in [0.25, 0.3) is 10.9 Å². The van der Waals surface area contributed by atoms with Gasteiger partial charge in [0.05, 0.1) is 5.52 Å². The predicted molar refractivity (Wildman–Crippen MR) is 95.2 cm³/mol. The van der Waals surface area contributed by atoms with Crippen molar-refractivity contribution < 1.29 is 4.39 Å². The quantitative estimate of drug-likeness (QED) is 0.732. The molecule has 3 heterocycles. The van der Waals surface area contributed by atoms with Gasteiger partial charge in [-0.05, 0) is 43.2 Å². The van der Waals surface area contributed by atoms with Crippen molar-refractivity contribution in [2.75, 3.05) is 29.9 Å². The van der Waals surface area contributed by atoms with Crippen LogP contribution >= 0.6 is 0 Å². The summed E-state index contributed by atoms with van der Waals surface area (Å²) in [5.74, 6) is 1.37. The van der Waals surface area contributed by atoms with Crippen LogP contribution in [0.15, 0.2) is 42.9 Å². The fourth-order valence-electron chi connectivity index (χ4n) is 3.41. The molecule has 1 aromatic carbocycles. The maximum atomic E-state index is 13.7. The maximum absolute atomic E-state index is 13.7. The third-order valence-electron chi connectivity index (χ3n) is 4.74. The van der Waals surface area contributed by atoms with Crippen LogP contribution in [0.5, 0.6) is 0 Å². The van der Waals surface area contributed by atoms with Gasteiger partial charge in [-0.3, -0.25) is 0 Å². The van der Waals surface area contributed by atoms with Crippen LogP contribution in [-0.2, 0) is 0 Å². The molecule has 0 spiro atoms. The number of halogens is 1. The molecular weight excluding hydrogens is 319 g/mol. The van der Waals surface area contributed by atoms with Crippen LogP contribution in [-0.4, -0.2) is 46.3 Å². The van der Waals surface area contributed by atoms with Crippen LogP contribution < -0.4 is 9.80 Å². The van der Waals surface area contributed by atoms with Gasteiger partial charge in [0.15, 0.2) is 5.82 Å². The van der Waals surface area contributed by atoms with E-state index in [-0.39, 0.29) is 11.9 Å². The SMILES string of the molecule is CN(c1ncnc2ccc(F)cc12)C1CCCN(c2cccnn2)C1. The lowest BCUT2D eigenvalue weighted by molar-refractivity contribution is 0.483. The first-order chi connectivity index (χ1) is 12.2. The number of nitrogens with zero attached hydrogens (tertiary/aromatic N) is 6. The molecule has 1 atom stereocenters. The van der Waals surface area contributed by atoms with E-state index in [1.165, 1.54) is 18.5 Å². The van der Waals surface area contributed by atoms with Crippen molar-refractivity contribution in [1.82, 2.24) is 20.2 Å². The third-order valence-corrected chi connectivity index (χ3v) is 4.74. The largest absolute Gasteiger partial charge is 0.354 e. The summed E-state index contributed by atoms with van der Waals surface area (Å²) in [5.41, 5.74) is 0.750. The summed E-state index contributed by atoms with van der Waals surface area (Å²) in [7, 11) is 2.01. The fourth-order valence-corrected chi connectivity index (χ4v) is 3.41. The molecule has 6 nitrogen and oxygen atoms in total. The van der Waals surface area contributed by atoms with Crippen molar-refractivity contribution in [3.8, 4) is 0 Å². The second-order valence-electron chi connectivity index (χ2n) is 6.29. The lowest BCUT2D eigenvalue weighted by atomic mass is 10.0. The average molecular weight is 338 g/mol. The Morgan fingerprint density at radius 1 is 1.24 bits per heavy atom. The maximum Gasteiger partial charge on any atom is 0.151 e. The van der Waals surface area contributed by atoms with Gasteiger partial charge < -0.3 is 9.80 Å². The predicted octanol–water partition coefficient (Wildman–Crippen LogP) is 2.66. The van der Waals surface area contributed by atoms with Crippen LogP contribution in [0.4, 0.5) is 16.0 Å². The molecule has 0 radical (unpaired) electrons. The summed E-state index contributed by atoms with van der Waals surface area (Å²) in [6.45, 7) is 1.79. The van der Waals surface area contributed by atoms with E-state index < -0.39 is 0 Å². The van der Waals surface area contributed by atoms with Crippen molar-refractivity contribution >= 4 is 22.5 Å². The van der Waals surface area contributed by atoms with Crippen molar-refractivity contribution in [1.29, 1.82) is 0 Å².